The van der Waals surface area contributed by atoms with Crippen molar-refractivity contribution >= 4 is 0 Å². The molecule has 0 spiro atoms. The van der Waals surface area contributed by atoms with Crippen LogP contribution in [0.5, 0.6) is 0 Å². The van der Waals surface area contributed by atoms with E-state index in [-0.39, 0.29) is 0 Å². The average molecular weight is 266 g/mol. The van der Waals surface area contributed by atoms with Gasteiger partial charge in [0.2, 0.25) is 0 Å². The van der Waals surface area contributed by atoms with Crippen LogP contribution in [-0.4, -0.2) is 0 Å². The minimum absolute atomic E-state index is 0.935. The van der Waals surface area contributed by atoms with Crippen LogP contribution in [0.25, 0.3) is 0 Å². The molecule has 0 unspecified atom stereocenters. The van der Waals surface area contributed by atoms with Gasteiger partial charge in [-0.2, -0.15) is 0 Å². The van der Waals surface area contributed by atoms with Gasteiger partial charge in [-0.15, -0.1) is 0 Å². The van der Waals surface area contributed by atoms with E-state index in [2.05, 4.69) is 13.3 Å². The third kappa shape index (κ3) is 10.4. The number of rotatable bonds is 3. The fourth-order valence-electron chi connectivity index (χ4n) is 3.36. The number of unbranched alkanes of at least 4 members (excludes halogenated alkanes) is 1. The third-order valence-corrected chi connectivity index (χ3v) is 4.69. The molecule has 0 N–H and O–H groups in total. The van der Waals surface area contributed by atoms with Gasteiger partial charge in [0.05, 0.1) is 0 Å². The van der Waals surface area contributed by atoms with Crippen molar-refractivity contribution in [1.29, 1.82) is 0 Å². The first-order valence-corrected chi connectivity index (χ1v) is 9.27. The first-order valence-electron chi connectivity index (χ1n) is 9.27. The number of hydrogen-bond acceptors (Lipinski definition) is 0. The van der Waals surface area contributed by atoms with Crippen molar-refractivity contribution < 1.29 is 0 Å². The highest BCUT2D eigenvalue weighted by Crippen LogP contribution is 2.23. The predicted molar refractivity (Wildman–Crippen MR) is 87.3 cm³/mol. The molecule has 0 aromatic heterocycles. The van der Waals surface area contributed by atoms with Gasteiger partial charge in [-0.1, -0.05) is 110 Å². The molecule has 0 aromatic carbocycles. The quantitative estimate of drug-likeness (QED) is 0.511. The second-order valence-corrected chi connectivity index (χ2v) is 6.60. The van der Waals surface area contributed by atoms with Gasteiger partial charge in [0.1, 0.15) is 0 Å². The highest BCUT2D eigenvalue weighted by Gasteiger charge is 2.08. The van der Waals surface area contributed by atoms with Crippen molar-refractivity contribution in [3.8, 4) is 0 Å². The lowest BCUT2D eigenvalue weighted by Gasteiger charge is -2.16. The van der Waals surface area contributed by atoms with Crippen molar-refractivity contribution in [2.75, 3.05) is 0 Å². The summed E-state index contributed by atoms with van der Waals surface area (Å²) in [5, 5.41) is 0. The molecule has 1 fully saturated rings. The molecule has 0 heteroatoms. The van der Waals surface area contributed by atoms with E-state index >= 15 is 0 Å². The Morgan fingerprint density at radius 2 is 1.00 bits per heavy atom. The topological polar surface area (TPSA) is 0 Å². The van der Waals surface area contributed by atoms with Crippen LogP contribution in [-0.2, 0) is 0 Å². The Balaban J connectivity index is 2.21. The maximum Gasteiger partial charge on any atom is -0.0355 e. The summed E-state index contributed by atoms with van der Waals surface area (Å²) in [4.78, 5) is 0. The van der Waals surface area contributed by atoms with Gasteiger partial charge in [0, 0.05) is 0 Å². The van der Waals surface area contributed by atoms with Crippen LogP contribution in [0.15, 0.2) is 0 Å². The Morgan fingerprint density at radius 3 is 1.37 bits per heavy atom. The maximum atomic E-state index is 2.64. The summed E-state index contributed by atoms with van der Waals surface area (Å²) in [5.41, 5.74) is 0. The minimum Gasteiger partial charge on any atom is -0.0654 e. The van der Waals surface area contributed by atoms with Crippen LogP contribution in [0.1, 0.15) is 110 Å². The zero-order valence-corrected chi connectivity index (χ0v) is 13.5. The second kappa shape index (κ2) is 13.0. The van der Waals surface area contributed by atoms with Crippen LogP contribution in [0.2, 0.25) is 0 Å². The molecule has 0 aromatic rings. The molecule has 0 nitrogen and oxygen atoms in total. The summed E-state index contributed by atoms with van der Waals surface area (Å²) >= 11 is 0. The van der Waals surface area contributed by atoms with Crippen molar-refractivity contribution in [1.82, 2.24) is 0 Å². The monoisotopic (exact) mass is 265 g/mol. The molecule has 1 aliphatic carbocycles. The molecule has 0 heterocycles. The van der Waals surface area contributed by atoms with Gasteiger partial charge >= 0.3 is 0 Å². The van der Waals surface area contributed by atoms with Gasteiger partial charge in [0.15, 0.2) is 0 Å². The largest absolute Gasteiger partial charge is 0.0654 e. The zero-order valence-electron chi connectivity index (χ0n) is 13.5. The maximum absolute atomic E-state index is 2.64. The molecule has 1 saturated carbocycles. The van der Waals surface area contributed by atoms with Crippen molar-refractivity contribution in [3.63, 3.8) is 0 Å². The Labute approximate surface area is 122 Å². The Bertz CT molecular complexity index is 157. The lowest BCUT2D eigenvalue weighted by Crippen LogP contribution is -2.02. The van der Waals surface area contributed by atoms with Crippen LogP contribution in [0.3, 0.4) is 0 Å². The Hall–Kier alpha value is 0. The van der Waals surface area contributed by atoms with E-state index in [1.54, 1.807) is 0 Å². The van der Waals surface area contributed by atoms with Gasteiger partial charge in [-0.05, 0) is 12.3 Å². The molecule has 0 aliphatic heterocycles. The van der Waals surface area contributed by atoms with E-state index in [4.69, 9.17) is 0 Å². The van der Waals surface area contributed by atoms with Crippen LogP contribution >= 0.6 is 0 Å². The fourth-order valence-corrected chi connectivity index (χ4v) is 3.36. The zero-order chi connectivity index (χ0) is 13.6. The summed E-state index contributed by atoms with van der Waals surface area (Å²) < 4.78 is 0. The molecular formula is C19H37. The summed E-state index contributed by atoms with van der Waals surface area (Å²) in [7, 11) is 0. The summed E-state index contributed by atoms with van der Waals surface area (Å²) in [6, 6.07) is 0. The molecule has 0 bridgehead atoms. The van der Waals surface area contributed by atoms with Crippen molar-refractivity contribution in [3.05, 3.63) is 6.42 Å². The molecule has 0 saturated heterocycles. The van der Waals surface area contributed by atoms with E-state index in [1.165, 1.54) is 103 Å². The fraction of sp³-hybridized carbons (Fsp3) is 0.947. The molecule has 1 aliphatic rings. The molecule has 19 heavy (non-hydrogen) atoms. The van der Waals surface area contributed by atoms with Crippen LogP contribution in [0, 0.1) is 12.3 Å². The smallest absolute Gasteiger partial charge is 0.0355 e. The lowest BCUT2D eigenvalue weighted by molar-refractivity contribution is 0.437. The second-order valence-electron chi connectivity index (χ2n) is 6.60. The molecule has 0 atom stereocenters. The lowest BCUT2D eigenvalue weighted by atomic mass is 9.90. The highest BCUT2D eigenvalue weighted by atomic mass is 14.1. The third-order valence-electron chi connectivity index (χ3n) is 4.69. The van der Waals surface area contributed by atoms with Gasteiger partial charge in [-0.3, -0.25) is 0 Å². The summed E-state index contributed by atoms with van der Waals surface area (Å²) in [5.74, 6) is 0.935. The van der Waals surface area contributed by atoms with E-state index < -0.39 is 0 Å². The average Bonchev–Trinajstić information content (AvgIpc) is 2.44. The number of hydrogen-bond donors (Lipinski definition) is 0. The van der Waals surface area contributed by atoms with Gasteiger partial charge in [-0.25, -0.2) is 0 Å². The molecule has 1 rings (SSSR count). The molecule has 1 radical (unpaired) electrons. The molecule has 0 amide bonds. The Kier molecular flexibility index (Phi) is 11.7. The summed E-state index contributed by atoms with van der Waals surface area (Å²) in [6.45, 7) is 2.31. The first kappa shape index (κ1) is 17.1. The van der Waals surface area contributed by atoms with E-state index in [0.29, 0.717) is 0 Å². The standard InChI is InChI=1S/C19H37/c1-2-3-16-19-17-14-12-10-8-6-4-5-7-9-11-13-15-18-19/h16,19H,2-15,17-18H2,1H3. The van der Waals surface area contributed by atoms with Gasteiger partial charge in [0.25, 0.3) is 0 Å². The van der Waals surface area contributed by atoms with E-state index in [0.717, 1.165) is 5.92 Å². The molecule has 113 valence electrons. The normalized spacial score (nSPS) is 22.6. The van der Waals surface area contributed by atoms with E-state index in [1.807, 2.05) is 0 Å². The van der Waals surface area contributed by atoms with Crippen molar-refractivity contribution in [2.24, 2.45) is 5.92 Å². The van der Waals surface area contributed by atoms with Crippen LogP contribution in [0.4, 0.5) is 0 Å². The molecular weight excluding hydrogens is 228 g/mol. The SMILES string of the molecule is CCC[CH]C1CCCCCCCCCCCCCC1. The minimum atomic E-state index is 0.935. The van der Waals surface area contributed by atoms with Crippen LogP contribution < -0.4 is 0 Å². The summed E-state index contributed by atoms with van der Waals surface area (Å²) in [6.07, 6.45) is 26.1. The van der Waals surface area contributed by atoms with Crippen molar-refractivity contribution in [2.45, 2.75) is 110 Å². The van der Waals surface area contributed by atoms with Gasteiger partial charge < -0.3 is 0 Å². The Morgan fingerprint density at radius 1 is 0.632 bits per heavy atom. The highest BCUT2D eigenvalue weighted by molar-refractivity contribution is 4.76. The van der Waals surface area contributed by atoms with E-state index in [9.17, 15) is 0 Å². The first-order chi connectivity index (χ1) is 9.43. The predicted octanol–water partition coefficient (Wildman–Crippen LogP) is 7.08.